The molecule has 0 radical (unpaired) electrons. The summed E-state index contributed by atoms with van der Waals surface area (Å²) in [7, 11) is 0. The van der Waals surface area contributed by atoms with Gasteiger partial charge in [-0.25, -0.2) is 0 Å². The molecule has 0 bridgehead atoms. The molecule has 24 heavy (non-hydrogen) atoms. The molecule has 5 heteroatoms. The van der Waals surface area contributed by atoms with Crippen molar-refractivity contribution in [2.45, 2.75) is 70.6 Å². The van der Waals surface area contributed by atoms with E-state index in [1.165, 1.54) is 25.7 Å². The van der Waals surface area contributed by atoms with E-state index in [0.29, 0.717) is 24.0 Å². The number of hydrogen-bond acceptors (Lipinski definition) is 2. The van der Waals surface area contributed by atoms with Crippen molar-refractivity contribution in [3.63, 3.8) is 0 Å². The Morgan fingerprint density at radius 3 is 2.33 bits per heavy atom. The fraction of sp³-hybridized carbons (Fsp3) is 0.684. The van der Waals surface area contributed by atoms with Crippen molar-refractivity contribution in [3.05, 3.63) is 23.3 Å². The van der Waals surface area contributed by atoms with Crippen LogP contribution >= 0.6 is 0 Å². The molecule has 134 valence electrons. The molecule has 0 aromatic heterocycles. The van der Waals surface area contributed by atoms with Crippen LogP contribution in [0.5, 0.6) is 11.5 Å². The highest BCUT2D eigenvalue weighted by molar-refractivity contribution is 5.51. The van der Waals surface area contributed by atoms with Crippen molar-refractivity contribution in [2.75, 3.05) is 6.61 Å². The molecule has 0 aliphatic heterocycles. The lowest BCUT2D eigenvalue weighted by Crippen LogP contribution is -2.20. The first kappa shape index (κ1) is 17.4. The Labute approximate surface area is 141 Å². The number of alkyl halides is 3. The fourth-order valence-electron chi connectivity index (χ4n) is 3.83. The van der Waals surface area contributed by atoms with Gasteiger partial charge in [0.25, 0.3) is 0 Å². The van der Waals surface area contributed by atoms with E-state index in [-0.39, 0.29) is 11.5 Å². The minimum atomic E-state index is -4.70. The number of halogens is 3. The first-order valence-electron chi connectivity index (χ1n) is 8.96. The summed E-state index contributed by atoms with van der Waals surface area (Å²) in [5.41, 5.74) is 1.53. The number of benzene rings is 1. The van der Waals surface area contributed by atoms with Crippen molar-refractivity contribution in [2.24, 2.45) is 5.92 Å². The zero-order chi connectivity index (χ0) is 17.2. The molecule has 2 aliphatic carbocycles. The van der Waals surface area contributed by atoms with Gasteiger partial charge >= 0.3 is 6.36 Å². The van der Waals surface area contributed by atoms with Crippen LogP contribution in [0.3, 0.4) is 0 Å². The lowest BCUT2D eigenvalue weighted by molar-refractivity contribution is -0.275. The molecule has 0 heterocycles. The molecule has 1 aromatic rings. The van der Waals surface area contributed by atoms with Gasteiger partial charge < -0.3 is 9.47 Å². The number of ether oxygens (including phenoxy) is 2. The van der Waals surface area contributed by atoms with Gasteiger partial charge in [0.05, 0.1) is 6.61 Å². The zero-order valence-corrected chi connectivity index (χ0v) is 14.1. The van der Waals surface area contributed by atoms with Gasteiger partial charge in [-0.2, -0.15) is 0 Å². The van der Waals surface area contributed by atoms with Crippen LogP contribution in [0.2, 0.25) is 0 Å². The molecule has 2 nitrogen and oxygen atoms in total. The molecule has 0 spiro atoms. The molecule has 1 aromatic carbocycles. The maximum Gasteiger partial charge on any atom is 0.573 e. The largest absolute Gasteiger partial charge is 0.573 e. The summed E-state index contributed by atoms with van der Waals surface area (Å²) in [6.07, 6.45) is 4.32. The van der Waals surface area contributed by atoms with E-state index in [2.05, 4.69) is 4.74 Å². The van der Waals surface area contributed by atoms with E-state index in [4.69, 9.17) is 4.74 Å². The first-order chi connectivity index (χ1) is 11.4. The minimum Gasteiger partial charge on any atom is -0.490 e. The standard InChI is InChI=1S/C19H25F3O2/c1-13-16(15-7-4-8-15)9-10-17(18(13)24-19(20,21)22)23-12-11-14-5-2-3-6-14/h9-10,14-15H,2-8,11-12H2,1H3. The average Bonchev–Trinajstić information content (AvgIpc) is 2.95. The van der Waals surface area contributed by atoms with Crippen LogP contribution in [0.4, 0.5) is 13.2 Å². The monoisotopic (exact) mass is 342 g/mol. The summed E-state index contributed by atoms with van der Waals surface area (Å²) in [5, 5.41) is 0. The summed E-state index contributed by atoms with van der Waals surface area (Å²) in [6.45, 7) is 2.15. The van der Waals surface area contributed by atoms with Crippen molar-refractivity contribution in [1.82, 2.24) is 0 Å². The second-order valence-electron chi connectivity index (χ2n) is 7.07. The maximum absolute atomic E-state index is 12.8. The van der Waals surface area contributed by atoms with Crippen LogP contribution in [0.15, 0.2) is 12.1 Å². The molecule has 2 saturated carbocycles. The second-order valence-corrected chi connectivity index (χ2v) is 7.07. The summed E-state index contributed by atoms with van der Waals surface area (Å²) < 4.78 is 48.5. The Morgan fingerprint density at radius 2 is 1.75 bits per heavy atom. The molecule has 0 saturated heterocycles. The summed E-state index contributed by atoms with van der Waals surface area (Å²) in [6, 6.07) is 3.56. The van der Waals surface area contributed by atoms with Gasteiger partial charge in [-0.3, -0.25) is 0 Å². The molecule has 3 rings (SSSR count). The van der Waals surface area contributed by atoms with E-state index in [1.807, 2.05) is 6.07 Å². The zero-order valence-electron chi connectivity index (χ0n) is 14.1. The quantitative estimate of drug-likeness (QED) is 0.620. The third-order valence-electron chi connectivity index (χ3n) is 5.43. The predicted molar refractivity (Wildman–Crippen MR) is 86.5 cm³/mol. The van der Waals surface area contributed by atoms with Gasteiger partial charge in [-0.05, 0) is 55.2 Å². The van der Waals surface area contributed by atoms with Crippen LogP contribution in [0.1, 0.15) is 68.4 Å². The van der Waals surface area contributed by atoms with E-state index in [0.717, 1.165) is 31.2 Å². The molecule has 0 unspecified atom stereocenters. The minimum absolute atomic E-state index is 0.154. The van der Waals surface area contributed by atoms with Crippen molar-refractivity contribution < 1.29 is 22.6 Å². The number of hydrogen-bond donors (Lipinski definition) is 0. The lowest BCUT2D eigenvalue weighted by atomic mass is 9.78. The third-order valence-corrected chi connectivity index (χ3v) is 5.43. The Bertz CT molecular complexity index is 558. The third kappa shape index (κ3) is 4.17. The van der Waals surface area contributed by atoms with Gasteiger partial charge in [-0.1, -0.05) is 38.2 Å². The normalized spacial score (nSPS) is 19.3. The van der Waals surface area contributed by atoms with Gasteiger partial charge in [0.15, 0.2) is 11.5 Å². The summed E-state index contributed by atoms with van der Waals surface area (Å²) >= 11 is 0. The van der Waals surface area contributed by atoms with E-state index < -0.39 is 6.36 Å². The maximum atomic E-state index is 12.8. The van der Waals surface area contributed by atoms with Crippen LogP contribution < -0.4 is 9.47 Å². The second kappa shape index (κ2) is 7.24. The fourth-order valence-corrected chi connectivity index (χ4v) is 3.83. The van der Waals surface area contributed by atoms with Gasteiger partial charge in [0.1, 0.15) is 0 Å². The molecule has 0 amide bonds. The molecule has 0 N–H and O–H groups in total. The van der Waals surface area contributed by atoms with Crippen molar-refractivity contribution in [3.8, 4) is 11.5 Å². The molecular formula is C19H25F3O2. The van der Waals surface area contributed by atoms with E-state index in [9.17, 15) is 13.2 Å². The highest BCUT2D eigenvalue weighted by Crippen LogP contribution is 2.44. The summed E-state index contributed by atoms with van der Waals surface area (Å²) in [4.78, 5) is 0. The molecule has 2 fully saturated rings. The van der Waals surface area contributed by atoms with Gasteiger partial charge in [0, 0.05) is 0 Å². The SMILES string of the molecule is Cc1c(C2CCC2)ccc(OCCC2CCCC2)c1OC(F)(F)F. The van der Waals surface area contributed by atoms with Crippen LogP contribution in [0, 0.1) is 12.8 Å². The van der Waals surface area contributed by atoms with Crippen LogP contribution in [-0.2, 0) is 0 Å². The summed E-state index contributed by atoms with van der Waals surface area (Å²) in [5.74, 6) is 1.06. The lowest BCUT2D eigenvalue weighted by Gasteiger charge is -2.29. The highest BCUT2D eigenvalue weighted by Gasteiger charge is 2.35. The van der Waals surface area contributed by atoms with Crippen LogP contribution in [0.25, 0.3) is 0 Å². The van der Waals surface area contributed by atoms with Gasteiger partial charge in [-0.15, -0.1) is 13.2 Å². The highest BCUT2D eigenvalue weighted by atomic mass is 19.4. The molecule has 0 atom stereocenters. The van der Waals surface area contributed by atoms with Crippen molar-refractivity contribution >= 4 is 0 Å². The van der Waals surface area contributed by atoms with Gasteiger partial charge in [0.2, 0.25) is 0 Å². The van der Waals surface area contributed by atoms with Crippen LogP contribution in [-0.4, -0.2) is 13.0 Å². The molecule has 2 aliphatic rings. The van der Waals surface area contributed by atoms with E-state index in [1.54, 1.807) is 13.0 Å². The van der Waals surface area contributed by atoms with E-state index >= 15 is 0 Å². The Balaban J connectivity index is 1.74. The Kier molecular flexibility index (Phi) is 5.26. The Hall–Kier alpha value is -1.39. The van der Waals surface area contributed by atoms with Crippen molar-refractivity contribution in [1.29, 1.82) is 0 Å². The average molecular weight is 342 g/mol. The Morgan fingerprint density at radius 1 is 1.04 bits per heavy atom. The first-order valence-corrected chi connectivity index (χ1v) is 8.96. The molecular weight excluding hydrogens is 317 g/mol. The number of rotatable bonds is 6. The topological polar surface area (TPSA) is 18.5 Å². The predicted octanol–water partition coefficient (Wildman–Crippen LogP) is 6.12. The smallest absolute Gasteiger partial charge is 0.490 e.